The lowest BCUT2D eigenvalue weighted by Crippen LogP contribution is -2.32. The van der Waals surface area contributed by atoms with Gasteiger partial charge in [-0.1, -0.05) is 19.8 Å². The van der Waals surface area contributed by atoms with E-state index in [1.54, 1.807) is 0 Å². The molecular formula is C10H16N2O. The lowest BCUT2D eigenvalue weighted by Gasteiger charge is -2.25. The maximum Gasteiger partial charge on any atom is 0.247 e. The molecule has 3 heteroatoms. The van der Waals surface area contributed by atoms with Gasteiger partial charge in [-0.05, 0) is 18.8 Å². The number of carbonyl (C=O) groups is 1. The van der Waals surface area contributed by atoms with Crippen molar-refractivity contribution in [1.82, 2.24) is 5.32 Å². The Kier molecular flexibility index (Phi) is 2.34. The second-order valence-corrected chi connectivity index (χ2v) is 4.21. The van der Waals surface area contributed by atoms with Crippen LogP contribution in [0.15, 0.2) is 4.99 Å². The monoisotopic (exact) mass is 180 g/mol. The van der Waals surface area contributed by atoms with Gasteiger partial charge in [0.05, 0.1) is 0 Å². The van der Waals surface area contributed by atoms with Crippen LogP contribution in [0.3, 0.4) is 0 Å². The molecule has 2 aliphatic rings. The van der Waals surface area contributed by atoms with Gasteiger partial charge >= 0.3 is 0 Å². The lowest BCUT2D eigenvalue weighted by atomic mass is 9.82. The first-order chi connectivity index (χ1) is 6.25. The molecule has 0 unspecified atom stereocenters. The van der Waals surface area contributed by atoms with Crippen molar-refractivity contribution in [3.05, 3.63) is 0 Å². The van der Waals surface area contributed by atoms with Crippen LogP contribution in [0.1, 0.15) is 32.6 Å². The maximum absolute atomic E-state index is 10.9. The number of carbonyl (C=O) groups excluding carboxylic acids is 1. The van der Waals surface area contributed by atoms with E-state index in [1.807, 2.05) is 0 Å². The predicted molar refractivity (Wildman–Crippen MR) is 51.6 cm³/mol. The molecule has 72 valence electrons. The van der Waals surface area contributed by atoms with Crippen LogP contribution in [0.25, 0.3) is 0 Å². The minimum atomic E-state index is 0.0635. The summed E-state index contributed by atoms with van der Waals surface area (Å²) in [5.41, 5.74) is 0. The summed E-state index contributed by atoms with van der Waals surface area (Å²) in [6.45, 7) is 2.65. The molecule has 0 aromatic carbocycles. The van der Waals surface area contributed by atoms with Crippen LogP contribution in [-0.2, 0) is 4.79 Å². The summed E-state index contributed by atoms with van der Waals surface area (Å²) < 4.78 is 0. The van der Waals surface area contributed by atoms with E-state index in [-0.39, 0.29) is 5.91 Å². The van der Waals surface area contributed by atoms with Gasteiger partial charge in [0.15, 0.2) is 0 Å². The van der Waals surface area contributed by atoms with Crippen molar-refractivity contribution in [3.8, 4) is 0 Å². The normalized spacial score (nSPS) is 34.2. The second kappa shape index (κ2) is 3.48. The molecule has 13 heavy (non-hydrogen) atoms. The zero-order valence-electron chi connectivity index (χ0n) is 8.05. The molecule has 1 aliphatic heterocycles. The average molecular weight is 180 g/mol. The predicted octanol–water partition coefficient (Wildman–Crippen LogP) is 1.34. The van der Waals surface area contributed by atoms with E-state index in [1.165, 1.54) is 25.7 Å². The van der Waals surface area contributed by atoms with Crippen molar-refractivity contribution in [3.63, 3.8) is 0 Å². The largest absolute Gasteiger partial charge is 0.313 e. The van der Waals surface area contributed by atoms with E-state index < -0.39 is 0 Å². The minimum Gasteiger partial charge on any atom is -0.313 e. The standard InChI is InChI=1S/C10H16N2O/c1-7-2-4-8(5-3-7)10-11-6-9(13)12-10/h7-8H,2-6H2,1H3,(H,11,12,13). The molecule has 1 heterocycles. The molecule has 0 aromatic heterocycles. The summed E-state index contributed by atoms with van der Waals surface area (Å²) in [7, 11) is 0. The van der Waals surface area contributed by atoms with Gasteiger partial charge < -0.3 is 5.32 Å². The third-order valence-electron chi connectivity index (χ3n) is 3.06. The fraction of sp³-hybridized carbons (Fsp3) is 0.800. The number of rotatable bonds is 1. The molecule has 1 amide bonds. The average Bonchev–Trinajstić information content (AvgIpc) is 2.53. The first kappa shape index (κ1) is 8.73. The fourth-order valence-electron chi connectivity index (χ4n) is 2.14. The third-order valence-corrected chi connectivity index (χ3v) is 3.06. The summed E-state index contributed by atoms with van der Waals surface area (Å²) >= 11 is 0. The molecule has 1 aliphatic carbocycles. The van der Waals surface area contributed by atoms with Crippen LogP contribution in [0.4, 0.5) is 0 Å². The number of aliphatic imine (C=N–C) groups is 1. The number of amides is 1. The van der Waals surface area contributed by atoms with Gasteiger partial charge in [0, 0.05) is 5.92 Å². The van der Waals surface area contributed by atoms with E-state index in [0.29, 0.717) is 12.5 Å². The summed E-state index contributed by atoms with van der Waals surface area (Å²) in [6, 6.07) is 0. The van der Waals surface area contributed by atoms with E-state index in [9.17, 15) is 4.79 Å². The van der Waals surface area contributed by atoms with Gasteiger partial charge in [-0.2, -0.15) is 0 Å². The van der Waals surface area contributed by atoms with E-state index in [4.69, 9.17) is 0 Å². The van der Waals surface area contributed by atoms with Gasteiger partial charge in [-0.15, -0.1) is 0 Å². The number of hydrogen-bond acceptors (Lipinski definition) is 2. The lowest BCUT2D eigenvalue weighted by molar-refractivity contribution is -0.117. The van der Waals surface area contributed by atoms with E-state index >= 15 is 0 Å². The van der Waals surface area contributed by atoms with Crippen molar-refractivity contribution in [2.24, 2.45) is 16.8 Å². The molecule has 1 saturated carbocycles. The van der Waals surface area contributed by atoms with Gasteiger partial charge in [-0.25, -0.2) is 0 Å². The Hall–Kier alpha value is -0.860. The molecule has 1 N–H and O–H groups in total. The van der Waals surface area contributed by atoms with Crippen molar-refractivity contribution in [2.75, 3.05) is 6.54 Å². The zero-order valence-corrected chi connectivity index (χ0v) is 8.05. The summed E-state index contributed by atoms with van der Waals surface area (Å²) in [6.07, 6.45) is 4.94. The molecule has 0 saturated heterocycles. The van der Waals surface area contributed by atoms with Gasteiger partial charge in [0.2, 0.25) is 5.91 Å². The molecule has 0 radical (unpaired) electrons. The molecule has 0 bridgehead atoms. The second-order valence-electron chi connectivity index (χ2n) is 4.21. The molecule has 0 aromatic rings. The topological polar surface area (TPSA) is 41.5 Å². The summed E-state index contributed by atoms with van der Waals surface area (Å²) in [5, 5.41) is 2.85. The first-order valence-corrected chi connectivity index (χ1v) is 5.10. The zero-order chi connectivity index (χ0) is 9.26. The number of nitrogens with one attached hydrogen (secondary N) is 1. The highest BCUT2D eigenvalue weighted by molar-refractivity contribution is 6.04. The molecule has 0 atom stereocenters. The Labute approximate surface area is 78.6 Å². The number of nitrogens with zero attached hydrogens (tertiary/aromatic N) is 1. The highest BCUT2D eigenvalue weighted by Gasteiger charge is 2.26. The van der Waals surface area contributed by atoms with Crippen LogP contribution in [0.5, 0.6) is 0 Å². The smallest absolute Gasteiger partial charge is 0.247 e. The van der Waals surface area contributed by atoms with Gasteiger partial charge in [0.25, 0.3) is 0 Å². The van der Waals surface area contributed by atoms with Crippen LogP contribution >= 0.6 is 0 Å². The Morgan fingerprint density at radius 3 is 2.54 bits per heavy atom. The third kappa shape index (κ3) is 1.90. The van der Waals surface area contributed by atoms with Crippen molar-refractivity contribution in [2.45, 2.75) is 32.6 Å². The van der Waals surface area contributed by atoms with Gasteiger partial charge in [-0.3, -0.25) is 9.79 Å². The fourth-order valence-corrected chi connectivity index (χ4v) is 2.14. The SMILES string of the molecule is CC1CCC(C2=NCC(=O)N2)CC1. The number of amidine groups is 1. The molecule has 1 fully saturated rings. The maximum atomic E-state index is 10.9. The Morgan fingerprint density at radius 2 is 2.00 bits per heavy atom. The van der Waals surface area contributed by atoms with Crippen LogP contribution in [0, 0.1) is 11.8 Å². The molecule has 0 spiro atoms. The Balaban J connectivity index is 1.91. The first-order valence-electron chi connectivity index (χ1n) is 5.10. The quantitative estimate of drug-likeness (QED) is 0.650. The number of hydrogen-bond donors (Lipinski definition) is 1. The van der Waals surface area contributed by atoms with Crippen LogP contribution in [-0.4, -0.2) is 18.3 Å². The van der Waals surface area contributed by atoms with Gasteiger partial charge in [0.1, 0.15) is 12.4 Å². The van der Waals surface area contributed by atoms with E-state index in [2.05, 4.69) is 17.2 Å². The highest BCUT2D eigenvalue weighted by atomic mass is 16.2. The van der Waals surface area contributed by atoms with Crippen molar-refractivity contribution in [1.29, 1.82) is 0 Å². The van der Waals surface area contributed by atoms with Crippen LogP contribution < -0.4 is 5.32 Å². The minimum absolute atomic E-state index is 0.0635. The summed E-state index contributed by atoms with van der Waals surface area (Å²) in [4.78, 5) is 15.2. The Bertz CT molecular complexity index is 239. The highest BCUT2D eigenvalue weighted by Crippen LogP contribution is 2.29. The molecule has 3 nitrogen and oxygen atoms in total. The molecular weight excluding hydrogens is 164 g/mol. The molecule has 2 rings (SSSR count). The Morgan fingerprint density at radius 1 is 1.31 bits per heavy atom. The summed E-state index contributed by atoms with van der Waals surface area (Å²) in [5.74, 6) is 2.40. The van der Waals surface area contributed by atoms with Crippen LogP contribution in [0.2, 0.25) is 0 Å². The van der Waals surface area contributed by atoms with Crippen molar-refractivity contribution < 1.29 is 4.79 Å². The van der Waals surface area contributed by atoms with E-state index in [0.717, 1.165) is 11.8 Å². The van der Waals surface area contributed by atoms with Crippen molar-refractivity contribution >= 4 is 11.7 Å².